The van der Waals surface area contributed by atoms with E-state index in [0.29, 0.717) is 19.3 Å². The molecule has 0 aromatic rings. The highest BCUT2D eigenvalue weighted by atomic mass is 16.6. The second-order valence-corrected chi connectivity index (χ2v) is 16.8. The van der Waals surface area contributed by atoms with Crippen molar-refractivity contribution in [3.05, 3.63) is 122 Å². The van der Waals surface area contributed by atoms with Crippen LogP contribution in [0.3, 0.4) is 0 Å². The molecule has 0 aliphatic heterocycles. The van der Waals surface area contributed by atoms with Gasteiger partial charge >= 0.3 is 17.9 Å². The molecular formula is C59H94O6. The Morgan fingerprint density at radius 3 is 1.15 bits per heavy atom. The van der Waals surface area contributed by atoms with Gasteiger partial charge in [-0.25, -0.2) is 0 Å². The van der Waals surface area contributed by atoms with Crippen LogP contribution >= 0.6 is 0 Å². The first-order valence-corrected chi connectivity index (χ1v) is 26.1. The molecule has 0 N–H and O–H groups in total. The van der Waals surface area contributed by atoms with Crippen molar-refractivity contribution in [2.45, 2.75) is 219 Å². The SMILES string of the molecule is CC\C=C/C=C\C=C/C=C\C=C\C=C/CCCCCC(=O)OC(COC(=O)CCCCCCC/C=C\CCCC)COC(=O)CCCCCCCCCCC/C=C\C/C=C\C/C=C\CC. The molecule has 0 heterocycles. The summed E-state index contributed by atoms with van der Waals surface area (Å²) in [6, 6.07) is 0. The Hall–Kier alpha value is -4.19. The van der Waals surface area contributed by atoms with Gasteiger partial charge in [0.1, 0.15) is 13.2 Å². The molecule has 0 aromatic carbocycles. The molecule has 0 radical (unpaired) electrons. The van der Waals surface area contributed by atoms with Crippen molar-refractivity contribution >= 4 is 17.9 Å². The fraction of sp³-hybridized carbons (Fsp3) is 0.610. The van der Waals surface area contributed by atoms with E-state index in [2.05, 4.69) is 81.5 Å². The fourth-order valence-corrected chi connectivity index (χ4v) is 6.70. The Balaban J connectivity index is 4.47. The minimum absolute atomic E-state index is 0.105. The number of allylic oxidation sites excluding steroid dienone is 20. The number of carbonyl (C=O) groups is 3. The third-order valence-electron chi connectivity index (χ3n) is 10.6. The summed E-state index contributed by atoms with van der Waals surface area (Å²) in [7, 11) is 0. The predicted octanol–water partition coefficient (Wildman–Crippen LogP) is 17.3. The van der Waals surface area contributed by atoms with E-state index in [1.807, 2.05) is 60.8 Å². The number of esters is 3. The highest BCUT2D eigenvalue weighted by Gasteiger charge is 2.19. The van der Waals surface area contributed by atoms with Crippen LogP contribution in [0, 0.1) is 0 Å². The van der Waals surface area contributed by atoms with Gasteiger partial charge in [0.15, 0.2) is 6.10 Å². The second kappa shape index (κ2) is 52.4. The van der Waals surface area contributed by atoms with Gasteiger partial charge in [-0.3, -0.25) is 14.4 Å². The molecule has 0 aliphatic carbocycles. The van der Waals surface area contributed by atoms with Crippen molar-refractivity contribution in [2.24, 2.45) is 0 Å². The Morgan fingerprint density at radius 2 is 0.677 bits per heavy atom. The van der Waals surface area contributed by atoms with Gasteiger partial charge in [0.05, 0.1) is 0 Å². The van der Waals surface area contributed by atoms with E-state index in [4.69, 9.17) is 14.2 Å². The second-order valence-electron chi connectivity index (χ2n) is 16.8. The maximum atomic E-state index is 12.8. The van der Waals surface area contributed by atoms with Gasteiger partial charge in [-0.2, -0.15) is 0 Å². The summed E-state index contributed by atoms with van der Waals surface area (Å²) in [6.07, 6.45) is 71.8. The summed E-state index contributed by atoms with van der Waals surface area (Å²) in [6.45, 7) is 6.28. The molecule has 0 aliphatic rings. The van der Waals surface area contributed by atoms with Crippen molar-refractivity contribution in [2.75, 3.05) is 13.2 Å². The molecule has 0 saturated heterocycles. The molecule has 0 spiro atoms. The predicted molar refractivity (Wildman–Crippen MR) is 279 cm³/mol. The maximum Gasteiger partial charge on any atom is 0.306 e. The smallest absolute Gasteiger partial charge is 0.306 e. The van der Waals surface area contributed by atoms with E-state index >= 15 is 0 Å². The highest BCUT2D eigenvalue weighted by Crippen LogP contribution is 2.14. The van der Waals surface area contributed by atoms with E-state index in [1.54, 1.807) is 0 Å². The summed E-state index contributed by atoms with van der Waals surface area (Å²) in [5.41, 5.74) is 0. The lowest BCUT2D eigenvalue weighted by atomic mass is 10.1. The molecule has 0 aromatic heterocycles. The molecule has 65 heavy (non-hydrogen) atoms. The van der Waals surface area contributed by atoms with Gasteiger partial charge in [0.25, 0.3) is 0 Å². The Kier molecular flexibility index (Phi) is 49.1. The van der Waals surface area contributed by atoms with E-state index in [0.717, 1.165) is 103 Å². The van der Waals surface area contributed by atoms with Gasteiger partial charge < -0.3 is 14.2 Å². The number of unbranched alkanes of at least 4 members (excludes halogenated alkanes) is 19. The first-order valence-electron chi connectivity index (χ1n) is 26.1. The molecule has 0 amide bonds. The monoisotopic (exact) mass is 899 g/mol. The lowest BCUT2D eigenvalue weighted by Crippen LogP contribution is -2.30. The van der Waals surface area contributed by atoms with Crippen molar-refractivity contribution in [3.63, 3.8) is 0 Å². The number of ether oxygens (including phenoxy) is 3. The van der Waals surface area contributed by atoms with Crippen LogP contribution in [0.4, 0.5) is 0 Å². The number of carbonyl (C=O) groups excluding carboxylic acids is 3. The van der Waals surface area contributed by atoms with E-state index < -0.39 is 6.10 Å². The highest BCUT2D eigenvalue weighted by molar-refractivity contribution is 5.71. The van der Waals surface area contributed by atoms with Crippen molar-refractivity contribution in [1.29, 1.82) is 0 Å². The van der Waals surface area contributed by atoms with Gasteiger partial charge in [0, 0.05) is 19.3 Å². The first kappa shape index (κ1) is 60.8. The van der Waals surface area contributed by atoms with Crippen molar-refractivity contribution in [1.82, 2.24) is 0 Å². The fourth-order valence-electron chi connectivity index (χ4n) is 6.70. The molecule has 1 unspecified atom stereocenters. The molecular weight excluding hydrogens is 805 g/mol. The van der Waals surface area contributed by atoms with Crippen LogP contribution in [-0.4, -0.2) is 37.2 Å². The summed E-state index contributed by atoms with van der Waals surface area (Å²) in [4.78, 5) is 38.0. The van der Waals surface area contributed by atoms with Crippen molar-refractivity contribution < 1.29 is 28.6 Å². The molecule has 6 heteroatoms. The summed E-state index contributed by atoms with van der Waals surface area (Å²) >= 11 is 0. The Bertz CT molecular complexity index is 1400. The van der Waals surface area contributed by atoms with Crippen LogP contribution in [-0.2, 0) is 28.6 Å². The number of hydrogen-bond donors (Lipinski definition) is 0. The van der Waals surface area contributed by atoms with E-state index in [-0.39, 0.29) is 37.5 Å². The molecule has 0 bridgehead atoms. The van der Waals surface area contributed by atoms with E-state index in [1.165, 1.54) is 64.2 Å². The average molecular weight is 899 g/mol. The minimum atomic E-state index is -0.810. The van der Waals surface area contributed by atoms with Crippen LogP contribution in [0.25, 0.3) is 0 Å². The zero-order chi connectivity index (χ0) is 47.2. The summed E-state index contributed by atoms with van der Waals surface area (Å²) in [5, 5.41) is 0. The maximum absolute atomic E-state index is 12.8. The molecule has 0 saturated carbocycles. The van der Waals surface area contributed by atoms with Crippen LogP contribution in [0.1, 0.15) is 213 Å². The average Bonchev–Trinajstić information content (AvgIpc) is 3.30. The van der Waals surface area contributed by atoms with Crippen LogP contribution in [0.5, 0.6) is 0 Å². The summed E-state index contributed by atoms with van der Waals surface area (Å²) < 4.78 is 16.7. The minimum Gasteiger partial charge on any atom is -0.462 e. The van der Waals surface area contributed by atoms with Crippen LogP contribution < -0.4 is 0 Å². The van der Waals surface area contributed by atoms with Gasteiger partial charge in [-0.1, -0.05) is 226 Å². The lowest BCUT2D eigenvalue weighted by molar-refractivity contribution is -0.167. The third-order valence-corrected chi connectivity index (χ3v) is 10.6. The van der Waals surface area contributed by atoms with Gasteiger partial charge in [-0.05, 0) is 89.9 Å². The zero-order valence-electron chi connectivity index (χ0n) is 41.7. The molecule has 1 atom stereocenters. The van der Waals surface area contributed by atoms with Crippen LogP contribution in [0.15, 0.2) is 122 Å². The van der Waals surface area contributed by atoms with Crippen molar-refractivity contribution in [3.8, 4) is 0 Å². The summed E-state index contributed by atoms with van der Waals surface area (Å²) in [5.74, 6) is -0.971. The third kappa shape index (κ3) is 50.7. The quantitative estimate of drug-likeness (QED) is 0.0199. The number of hydrogen-bond acceptors (Lipinski definition) is 6. The van der Waals surface area contributed by atoms with Gasteiger partial charge in [0.2, 0.25) is 0 Å². The lowest BCUT2D eigenvalue weighted by Gasteiger charge is -2.18. The molecule has 0 rings (SSSR count). The standard InChI is InChI=1S/C59H94O6/c1-4-7-10-13-16-19-22-24-26-28-29-31-32-34-37-40-43-46-49-52-58(61)64-55-56(54-63-57(60)51-48-45-42-39-36-21-18-15-12-9-6-3)65-59(62)53-50-47-44-41-38-35-33-30-27-25-23-20-17-14-11-8-5-2/h7-8,10-11,14-20,23-27,30,33,35,38,56H,4-6,9,12-13,21-22,28-29,31-32,34,36-37,39-55H2,1-3H3/b10-7-,11-8-,17-14-,18-15-,19-16-,23-20-,26-24-,27-25-,33-30+,38-35-. The Labute approximate surface area is 399 Å². The molecule has 366 valence electrons. The van der Waals surface area contributed by atoms with Crippen LogP contribution in [0.2, 0.25) is 0 Å². The number of rotatable bonds is 45. The Morgan fingerprint density at radius 1 is 0.338 bits per heavy atom. The first-order chi connectivity index (χ1) is 32.0. The van der Waals surface area contributed by atoms with E-state index in [9.17, 15) is 14.4 Å². The zero-order valence-corrected chi connectivity index (χ0v) is 41.7. The normalized spacial score (nSPS) is 13.1. The topological polar surface area (TPSA) is 78.9 Å². The van der Waals surface area contributed by atoms with Gasteiger partial charge in [-0.15, -0.1) is 0 Å². The largest absolute Gasteiger partial charge is 0.462 e. The molecule has 0 fully saturated rings. The molecule has 6 nitrogen and oxygen atoms in total.